The molecular formula is C17H18N2O5S. The van der Waals surface area contributed by atoms with Crippen LogP contribution in [-0.2, 0) is 14.8 Å². The topological polar surface area (TPSA) is 104 Å². The maximum Gasteiger partial charge on any atom is 0.335 e. The first-order valence-corrected chi connectivity index (χ1v) is 8.85. The highest BCUT2D eigenvalue weighted by molar-refractivity contribution is 7.89. The molecule has 2 aromatic carbocycles. The highest BCUT2D eigenvalue weighted by Gasteiger charge is 2.29. The van der Waals surface area contributed by atoms with Crippen LogP contribution in [0.5, 0.6) is 0 Å². The molecule has 0 saturated carbocycles. The van der Waals surface area contributed by atoms with Gasteiger partial charge in [0.15, 0.2) is 0 Å². The highest BCUT2D eigenvalue weighted by atomic mass is 32.2. The molecule has 2 rings (SSSR count). The predicted molar refractivity (Wildman–Crippen MR) is 92.9 cm³/mol. The molecule has 0 heterocycles. The summed E-state index contributed by atoms with van der Waals surface area (Å²) in [5.74, 6) is -1.68. The van der Waals surface area contributed by atoms with Gasteiger partial charge < -0.3 is 10.4 Å². The minimum absolute atomic E-state index is 0.0238. The van der Waals surface area contributed by atoms with Gasteiger partial charge in [0.1, 0.15) is 6.04 Å². The van der Waals surface area contributed by atoms with Crippen molar-refractivity contribution in [3.05, 3.63) is 60.2 Å². The van der Waals surface area contributed by atoms with Gasteiger partial charge in [0, 0.05) is 12.7 Å². The monoisotopic (exact) mass is 362 g/mol. The summed E-state index contributed by atoms with van der Waals surface area (Å²) in [6.07, 6.45) is 0. The minimum atomic E-state index is -3.82. The van der Waals surface area contributed by atoms with Crippen LogP contribution in [0.15, 0.2) is 59.5 Å². The lowest BCUT2D eigenvalue weighted by Gasteiger charge is -2.23. The van der Waals surface area contributed by atoms with Crippen LogP contribution in [0.25, 0.3) is 0 Å². The Labute approximate surface area is 146 Å². The van der Waals surface area contributed by atoms with Gasteiger partial charge in [-0.05, 0) is 37.3 Å². The lowest BCUT2D eigenvalue weighted by molar-refractivity contribution is -0.119. The molecule has 0 unspecified atom stereocenters. The molecule has 0 fully saturated rings. The fourth-order valence-corrected chi connectivity index (χ4v) is 3.45. The van der Waals surface area contributed by atoms with Crippen molar-refractivity contribution in [2.75, 3.05) is 12.4 Å². The number of benzene rings is 2. The first-order chi connectivity index (χ1) is 11.7. The number of sulfonamides is 1. The number of carboxylic acids is 1. The summed E-state index contributed by atoms with van der Waals surface area (Å²) >= 11 is 0. The van der Waals surface area contributed by atoms with E-state index in [0.717, 1.165) is 4.31 Å². The Hall–Kier alpha value is -2.71. The van der Waals surface area contributed by atoms with Crippen LogP contribution in [0.4, 0.5) is 5.69 Å². The van der Waals surface area contributed by atoms with Crippen molar-refractivity contribution in [3.8, 4) is 0 Å². The Kier molecular flexibility index (Phi) is 5.55. The zero-order valence-corrected chi connectivity index (χ0v) is 14.5. The van der Waals surface area contributed by atoms with Gasteiger partial charge in [-0.2, -0.15) is 4.31 Å². The Morgan fingerprint density at radius 1 is 1.08 bits per heavy atom. The Balaban J connectivity index is 2.17. The van der Waals surface area contributed by atoms with Gasteiger partial charge in [0.05, 0.1) is 10.5 Å². The van der Waals surface area contributed by atoms with Crippen molar-refractivity contribution in [1.29, 1.82) is 0 Å². The minimum Gasteiger partial charge on any atom is -0.478 e. The van der Waals surface area contributed by atoms with Gasteiger partial charge in [0.2, 0.25) is 15.9 Å². The fraction of sp³-hybridized carbons (Fsp3) is 0.176. The van der Waals surface area contributed by atoms with E-state index >= 15 is 0 Å². The molecule has 2 aromatic rings. The number of anilines is 1. The van der Waals surface area contributed by atoms with E-state index in [1.807, 2.05) is 0 Å². The summed E-state index contributed by atoms with van der Waals surface area (Å²) < 4.78 is 26.1. The zero-order chi connectivity index (χ0) is 18.6. The molecule has 0 saturated heterocycles. The molecule has 0 aliphatic heterocycles. The maximum absolute atomic E-state index is 12.5. The smallest absolute Gasteiger partial charge is 0.335 e. The second-order valence-electron chi connectivity index (χ2n) is 5.39. The number of rotatable bonds is 6. The first kappa shape index (κ1) is 18.6. The standard InChI is InChI=1S/C17H18N2O5S/c1-12(19(2)25(23,24)15-9-4-3-5-10-15)16(20)18-14-8-6-7-13(11-14)17(21)22/h3-12H,1-2H3,(H,18,20)(H,21,22)/t12-/m1/s1. The van der Waals surface area contributed by atoms with E-state index in [0.29, 0.717) is 0 Å². The van der Waals surface area contributed by atoms with E-state index in [4.69, 9.17) is 5.11 Å². The number of hydrogen-bond acceptors (Lipinski definition) is 4. The van der Waals surface area contributed by atoms with Gasteiger partial charge >= 0.3 is 5.97 Å². The number of likely N-dealkylation sites (N-methyl/N-ethyl adjacent to an activating group) is 1. The third-order valence-electron chi connectivity index (χ3n) is 3.72. The molecule has 2 N–H and O–H groups in total. The SMILES string of the molecule is C[C@H](C(=O)Nc1cccc(C(=O)O)c1)N(C)S(=O)(=O)c1ccccc1. The molecule has 7 nitrogen and oxygen atoms in total. The van der Waals surface area contributed by atoms with Crippen LogP contribution < -0.4 is 5.32 Å². The Bertz CT molecular complexity index is 881. The molecule has 132 valence electrons. The maximum atomic E-state index is 12.5. The summed E-state index contributed by atoms with van der Waals surface area (Å²) in [5, 5.41) is 11.5. The number of amides is 1. The van der Waals surface area contributed by atoms with E-state index in [2.05, 4.69) is 5.32 Å². The average molecular weight is 362 g/mol. The molecule has 0 aliphatic carbocycles. The molecule has 0 radical (unpaired) electrons. The summed E-state index contributed by atoms with van der Waals surface area (Å²) in [7, 11) is -2.50. The quantitative estimate of drug-likeness (QED) is 0.818. The van der Waals surface area contributed by atoms with Crippen molar-refractivity contribution >= 4 is 27.6 Å². The van der Waals surface area contributed by atoms with Crippen LogP contribution in [-0.4, -0.2) is 42.8 Å². The summed E-state index contributed by atoms with van der Waals surface area (Å²) in [6.45, 7) is 1.46. The van der Waals surface area contributed by atoms with Crippen molar-refractivity contribution in [2.45, 2.75) is 17.9 Å². The van der Waals surface area contributed by atoms with E-state index in [1.54, 1.807) is 18.2 Å². The number of hydrogen-bond donors (Lipinski definition) is 2. The van der Waals surface area contributed by atoms with Gasteiger partial charge in [0.25, 0.3) is 0 Å². The van der Waals surface area contributed by atoms with E-state index in [-0.39, 0.29) is 16.1 Å². The molecule has 8 heteroatoms. The summed E-state index contributed by atoms with van der Waals surface area (Å²) in [5.41, 5.74) is 0.304. The number of aromatic carboxylic acids is 1. The number of nitrogens with one attached hydrogen (secondary N) is 1. The summed E-state index contributed by atoms with van der Waals surface area (Å²) in [6, 6.07) is 12.5. The van der Waals surface area contributed by atoms with Crippen LogP contribution >= 0.6 is 0 Å². The van der Waals surface area contributed by atoms with Gasteiger partial charge in [-0.1, -0.05) is 24.3 Å². The molecule has 0 aliphatic rings. The number of nitrogens with zero attached hydrogens (tertiary/aromatic N) is 1. The number of carbonyl (C=O) groups is 2. The van der Waals surface area contributed by atoms with Crippen molar-refractivity contribution < 1.29 is 23.1 Å². The van der Waals surface area contributed by atoms with Crippen LogP contribution in [0.3, 0.4) is 0 Å². The van der Waals surface area contributed by atoms with Crippen molar-refractivity contribution in [1.82, 2.24) is 4.31 Å². The van der Waals surface area contributed by atoms with Crippen LogP contribution in [0, 0.1) is 0 Å². The third-order valence-corrected chi connectivity index (χ3v) is 5.66. The zero-order valence-electron chi connectivity index (χ0n) is 13.7. The molecule has 0 aromatic heterocycles. The van der Waals surface area contributed by atoms with E-state index < -0.39 is 27.9 Å². The van der Waals surface area contributed by atoms with E-state index in [1.165, 1.54) is 50.4 Å². The van der Waals surface area contributed by atoms with Gasteiger partial charge in [-0.25, -0.2) is 13.2 Å². The predicted octanol–water partition coefficient (Wildman–Crippen LogP) is 2.03. The lowest BCUT2D eigenvalue weighted by Crippen LogP contribution is -2.43. The first-order valence-electron chi connectivity index (χ1n) is 7.41. The lowest BCUT2D eigenvalue weighted by atomic mass is 10.2. The molecule has 0 bridgehead atoms. The molecule has 1 amide bonds. The van der Waals surface area contributed by atoms with Gasteiger partial charge in [-0.15, -0.1) is 0 Å². The normalized spacial score (nSPS) is 12.6. The Morgan fingerprint density at radius 3 is 2.32 bits per heavy atom. The second-order valence-corrected chi connectivity index (χ2v) is 7.38. The molecule has 1 atom stereocenters. The highest BCUT2D eigenvalue weighted by Crippen LogP contribution is 2.17. The van der Waals surface area contributed by atoms with Crippen LogP contribution in [0.1, 0.15) is 17.3 Å². The Morgan fingerprint density at radius 2 is 1.72 bits per heavy atom. The van der Waals surface area contributed by atoms with Gasteiger partial charge in [-0.3, -0.25) is 4.79 Å². The summed E-state index contributed by atoms with van der Waals surface area (Å²) in [4.78, 5) is 23.4. The molecular weight excluding hydrogens is 344 g/mol. The largest absolute Gasteiger partial charge is 0.478 e. The average Bonchev–Trinajstić information content (AvgIpc) is 2.61. The fourth-order valence-electron chi connectivity index (χ4n) is 2.11. The van der Waals surface area contributed by atoms with Crippen molar-refractivity contribution in [3.63, 3.8) is 0 Å². The third kappa shape index (κ3) is 4.23. The second kappa shape index (κ2) is 7.45. The van der Waals surface area contributed by atoms with Crippen molar-refractivity contribution in [2.24, 2.45) is 0 Å². The molecule has 25 heavy (non-hydrogen) atoms. The number of carbonyl (C=O) groups excluding carboxylic acids is 1. The van der Waals surface area contributed by atoms with Crippen LogP contribution in [0.2, 0.25) is 0 Å². The number of carboxylic acid groups (broad SMARTS) is 1. The molecule has 0 spiro atoms. The van der Waals surface area contributed by atoms with E-state index in [9.17, 15) is 18.0 Å².